The van der Waals surface area contributed by atoms with Crippen molar-refractivity contribution < 1.29 is 0 Å². The van der Waals surface area contributed by atoms with Crippen LogP contribution in [0.5, 0.6) is 0 Å². The molecule has 0 aliphatic rings. The highest BCUT2D eigenvalue weighted by atomic mass is 79.9. The molecule has 0 fully saturated rings. The second-order valence-corrected chi connectivity index (χ2v) is 4.24. The zero-order chi connectivity index (χ0) is 9.14. The van der Waals surface area contributed by atoms with E-state index >= 15 is 0 Å². The molecule has 1 aromatic rings. The predicted molar refractivity (Wildman–Crippen MR) is 56.9 cm³/mol. The van der Waals surface area contributed by atoms with Gasteiger partial charge in [0.25, 0.3) is 0 Å². The maximum atomic E-state index is 5.91. The summed E-state index contributed by atoms with van der Waals surface area (Å²) >= 11 is 6.83. The van der Waals surface area contributed by atoms with Gasteiger partial charge >= 0.3 is 0 Å². The molecule has 0 bridgehead atoms. The van der Waals surface area contributed by atoms with Crippen LogP contribution in [0, 0.1) is 0 Å². The van der Waals surface area contributed by atoms with Crippen molar-refractivity contribution in [3.05, 3.63) is 26.9 Å². The van der Waals surface area contributed by atoms with Crippen molar-refractivity contribution in [1.82, 2.24) is 4.98 Å². The smallest absolute Gasteiger partial charge is 0.0417 e. The summed E-state index contributed by atoms with van der Waals surface area (Å²) in [6, 6.07) is 0.0664. The molecule has 2 N–H and O–H groups in total. The first-order valence-electron chi connectivity index (χ1n) is 3.71. The largest absolute Gasteiger partial charge is 0.324 e. The summed E-state index contributed by atoms with van der Waals surface area (Å²) in [7, 11) is 0. The summed E-state index contributed by atoms with van der Waals surface area (Å²) in [4.78, 5) is 4.01. The third-order valence-electron chi connectivity index (χ3n) is 1.70. The van der Waals surface area contributed by atoms with Crippen molar-refractivity contribution >= 4 is 31.9 Å². The van der Waals surface area contributed by atoms with E-state index in [1.807, 2.05) is 0 Å². The Bertz CT molecular complexity index is 256. The van der Waals surface area contributed by atoms with Gasteiger partial charge in [0.1, 0.15) is 0 Å². The Hall–Kier alpha value is 0.0700. The second kappa shape index (κ2) is 4.35. The molecular formula is C8H10Br2N2. The van der Waals surface area contributed by atoms with Crippen LogP contribution in [0.15, 0.2) is 21.3 Å². The molecule has 1 rings (SSSR count). The molecule has 0 saturated heterocycles. The first-order chi connectivity index (χ1) is 5.66. The van der Waals surface area contributed by atoms with Gasteiger partial charge in [0, 0.05) is 32.9 Å². The Morgan fingerprint density at radius 2 is 1.92 bits per heavy atom. The number of aromatic nitrogens is 1. The zero-order valence-electron chi connectivity index (χ0n) is 6.72. The third-order valence-corrected chi connectivity index (χ3v) is 2.96. The van der Waals surface area contributed by atoms with Gasteiger partial charge in [-0.1, -0.05) is 6.92 Å². The summed E-state index contributed by atoms with van der Waals surface area (Å²) in [6.45, 7) is 2.06. The lowest BCUT2D eigenvalue weighted by Crippen LogP contribution is -2.10. The van der Waals surface area contributed by atoms with Gasteiger partial charge < -0.3 is 5.73 Å². The lowest BCUT2D eigenvalue weighted by atomic mass is 10.1. The Labute approximate surface area is 88.8 Å². The van der Waals surface area contributed by atoms with Gasteiger partial charge in [0.2, 0.25) is 0 Å². The molecule has 0 aliphatic carbocycles. The van der Waals surface area contributed by atoms with Crippen LogP contribution in [-0.4, -0.2) is 4.98 Å². The summed E-state index contributed by atoms with van der Waals surface area (Å²) < 4.78 is 1.93. The Balaban J connectivity index is 3.12. The van der Waals surface area contributed by atoms with Crippen LogP contribution in [0.3, 0.4) is 0 Å². The number of hydrogen-bond acceptors (Lipinski definition) is 2. The highest BCUT2D eigenvalue weighted by molar-refractivity contribution is 9.11. The number of pyridine rings is 1. The van der Waals surface area contributed by atoms with E-state index in [0.29, 0.717) is 0 Å². The summed E-state index contributed by atoms with van der Waals surface area (Å²) in [6.07, 6.45) is 4.44. The quantitative estimate of drug-likeness (QED) is 0.910. The fourth-order valence-electron chi connectivity index (χ4n) is 0.980. The van der Waals surface area contributed by atoms with Gasteiger partial charge in [-0.05, 0) is 38.3 Å². The molecule has 0 unspecified atom stereocenters. The van der Waals surface area contributed by atoms with Crippen LogP contribution < -0.4 is 5.73 Å². The predicted octanol–water partition coefficient (Wildman–Crippen LogP) is 3.02. The maximum Gasteiger partial charge on any atom is 0.0417 e. The maximum absolute atomic E-state index is 5.91. The average molecular weight is 294 g/mol. The fourth-order valence-corrected chi connectivity index (χ4v) is 2.50. The van der Waals surface area contributed by atoms with Gasteiger partial charge in [-0.2, -0.15) is 0 Å². The van der Waals surface area contributed by atoms with Gasteiger partial charge in [-0.3, -0.25) is 4.98 Å². The molecule has 0 saturated carbocycles. The standard InChI is InChI=1S/C8H10Br2N2/c1-2-7(11)8-5(9)3-12-4-6(8)10/h3-4,7H,2,11H2,1H3/t7-/m1/s1. The molecule has 66 valence electrons. The number of hydrogen-bond donors (Lipinski definition) is 1. The molecule has 0 radical (unpaired) electrons. The lowest BCUT2D eigenvalue weighted by Gasteiger charge is -2.12. The minimum Gasteiger partial charge on any atom is -0.324 e. The van der Waals surface area contributed by atoms with E-state index in [1.54, 1.807) is 12.4 Å². The molecule has 1 heterocycles. The fraction of sp³-hybridized carbons (Fsp3) is 0.375. The van der Waals surface area contributed by atoms with Crippen molar-refractivity contribution in [3.63, 3.8) is 0 Å². The molecule has 4 heteroatoms. The van der Waals surface area contributed by atoms with E-state index in [1.165, 1.54) is 0 Å². The number of halogens is 2. The van der Waals surface area contributed by atoms with E-state index in [0.717, 1.165) is 20.9 Å². The molecule has 0 aromatic carbocycles. The van der Waals surface area contributed by atoms with Gasteiger partial charge in [0.15, 0.2) is 0 Å². The Morgan fingerprint density at radius 1 is 1.42 bits per heavy atom. The molecule has 1 aromatic heterocycles. The normalized spacial score (nSPS) is 13.0. The van der Waals surface area contributed by atoms with E-state index in [2.05, 4.69) is 43.8 Å². The van der Waals surface area contributed by atoms with Crippen molar-refractivity contribution in [2.75, 3.05) is 0 Å². The molecule has 0 spiro atoms. The van der Waals surface area contributed by atoms with Gasteiger partial charge in [-0.25, -0.2) is 0 Å². The molecule has 1 atom stereocenters. The van der Waals surface area contributed by atoms with Crippen LogP contribution in [0.1, 0.15) is 24.9 Å². The van der Waals surface area contributed by atoms with Crippen LogP contribution in [-0.2, 0) is 0 Å². The third kappa shape index (κ3) is 2.06. The summed E-state index contributed by atoms with van der Waals surface area (Å²) in [5, 5.41) is 0. The van der Waals surface area contributed by atoms with Crippen molar-refractivity contribution in [2.24, 2.45) is 5.73 Å². The number of nitrogens with zero attached hydrogens (tertiary/aromatic N) is 1. The van der Waals surface area contributed by atoms with Crippen LogP contribution in [0.2, 0.25) is 0 Å². The van der Waals surface area contributed by atoms with Crippen LogP contribution in [0.4, 0.5) is 0 Å². The van der Waals surface area contributed by atoms with Gasteiger partial charge in [-0.15, -0.1) is 0 Å². The minimum atomic E-state index is 0.0664. The average Bonchev–Trinajstić information content (AvgIpc) is 2.03. The Kier molecular flexibility index (Phi) is 3.68. The number of nitrogens with two attached hydrogens (primary N) is 1. The molecule has 12 heavy (non-hydrogen) atoms. The van der Waals surface area contributed by atoms with Gasteiger partial charge in [0.05, 0.1) is 0 Å². The van der Waals surface area contributed by atoms with Crippen molar-refractivity contribution in [3.8, 4) is 0 Å². The first kappa shape index (κ1) is 10.2. The van der Waals surface area contributed by atoms with E-state index in [9.17, 15) is 0 Å². The first-order valence-corrected chi connectivity index (χ1v) is 5.30. The topological polar surface area (TPSA) is 38.9 Å². The minimum absolute atomic E-state index is 0.0664. The molecule has 0 aliphatic heterocycles. The SMILES string of the molecule is CC[C@@H](N)c1c(Br)cncc1Br. The highest BCUT2D eigenvalue weighted by Crippen LogP contribution is 2.29. The van der Waals surface area contributed by atoms with Crippen LogP contribution in [0.25, 0.3) is 0 Å². The highest BCUT2D eigenvalue weighted by Gasteiger charge is 2.11. The zero-order valence-corrected chi connectivity index (χ0v) is 9.89. The number of rotatable bonds is 2. The monoisotopic (exact) mass is 292 g/mol. The van der Waals surface area contributed by atoms with Crippen molar-refractivity contribution in [2.45, 2.75) is 19.4 Å². The Morgan fingerprint density at radius 3 is 2.33 bits per heavy atom. The lowest BCUT2D eigenvalue weighted by molar-refractivity contribution is 0.690. The second-order valence-electron chi connectivity index (χ2n) is 2.53. The van der Waals surface area contributed by atoms with E-state index in [4.69, 9.17) is 5.73 Å². The molecule has 0 amide bonds. The summed E-state index contributed by atoms with van der Waals surface area (Å²) in [5.41, 5.74) is 7.00. The van der Waals surface area contributed by atoms with E-state index < -0.39 is 0 Å². The summed E-state index contributed by atoms with van der Waals surface area (Å²) in [5.74, 6) is 0. The van der Waals surface area contributed by atoms with Crippen LogP contribution >= 0.6 is 31.9 Å². The molecule has 2 nitrogen and oxygen atoms in total. The van der Waals surface area contributed by atoms with E-state index in [-0.39, 0.29) is 6.04 Å². The van der Waals surface area contributed by atoms with Crippen molar-refractivity contribution in [1.29, 1.82) is 0 Å². The molecular weight excluding hydrogens is 284 g/mol.